The molecule has 15 heavy (non-hydrogen) atoms. The molecule has 0 spiro atoms. The molecule has 1 fully saturated rings. The van der Waals surface area contributed by atoms with Crippen LogP contribution in [0.5, 0.6) is 0 Å². The minimum atomic E-state index is -3.47. The number of hydrogen-bond donors (Lipinski definition) is 1. The number of Topliss-reactive ketones (excluding diaryl/α,β-unsaturated/α-hetero) is 1. The van der Waals surface area contributed by atoms with Crippen LogP contribution in [0, 0.1) is 0 Å². The molecular weight excluding hydrogens is 216 g/mol. The summed E-state index contributed by atoms with van der Waals surface area (Å²) >= 11 is 0. The first kappa shape index (κ1) is 12.6. The third-order valence-electron chi connectivity index (χ3n) is 2.55. The summed E-state index contributed by atoms with van der Waals surface area (Å²) in [6, 6.07) is 0.0307. The summed E-state index contributed by atoms with van der Waals surface area (Å²) in [5.74, 6) is -0.178. The number of nitrogens with one attached hydrogen (secondary N) is 1. The number of carbonyl (C=O) groups excluding carboxylic acids is 1. The van der Waals surface area contributed by atoms with Crippen LogP contribution in [0.2, 0.25) is 0 Å². The molecule has 1 aliphatic rings. The third kappa shape index (κ3) is 3.55. The van der Waals surface area contributed by atoms with Crippen molar-refractivity contribution < 1.29 is 13.2 Å². The second-order valence-electron chi connectivity index (χ2n) is 3.98. The van der Waals surface area contributed by atoms with E-state index in [0.717, 1.165) is 19.3 Å². The van der Waals surface area contributed by atoms with E-state index in [1.807, 2.05) is 6.92 Å². The smallest absolute Gasteiger partial charge is 0.280 e. The second kappa shape index (κ2) is 5.05. The van der Waals surface area contributed by atoms with Crippen molar-refractivity contribution in [3.63, 3.8) is 0 Å². The molecule has 0 bridgehead atoms. The van der Waals surface area contributed by atoms with E-state index < -0.39 is 10.2 Å². The van der Waals surface area contributed by atoms with Gasteiger partial charge in [-0.2, -0.15) is 17.4 Å². The zero-order valence-corrected chi connectivity index (χ0v) is 10.0. The third-order valence-corrected chi connectivity index (χ3v) is 4.22. The molecule has 1 heterocycles. The van der Waals surface area contributed by atoms with Crippen LogP contribution in [0.4, 0.5) is 0 Å². The number of rotatable bonds is 4. The van der Waals surface area contributed by atoms with Gasteiger partial charge in [-0.05, 0) is 26.7 Å². The molecule has 1 atom stereocenters. The molecule has 1 N–H and O–H groups in total. The highest BCUT2D eigenvalue weighted by molar-refractivity contribution is 7.87. The summed E-state index contributed by atoms with van der Waals surface area (Å²) in [5, 5.41) is 0. The van der Waals surface area contributed by atoms with Crippen LogP contribution >= 0.6 is 0 Å². The van der Waals surface area contributed by atoms with Crippen molar-refractivity contribution in [2.24, 2.45) is 0 Å². The zero-order chi connectivity index (χ0) is 11.5. The molecule has 5 nitrogen and oxygen atoms in total. The predicted molar refractivity (Wildman–Crippen MR) is 57.6 cm³/mol. The fraction of sp³-hybridized carbons (Fsp3) is 0.889. The summed E-state index contributed by atoms with van der Waals surface area (Å²) in [6.45, 7) is 3.69. The Kier molecular flexibility index (Phi) is 4.24. The average Bonchev–Trinajstić information content (AvgIpc) is 2.15. The molecule has 0 aliphatic carbocycles. The van der Waals surface area contributed by atoms with E-state index in [4.69, 9.17) is 0 Å². The zero-order valence-electron chi connectivity index (χ0n) is 9.19. The predicted octanol–water partition coefficient (Wildman–Crippen LogP) is 0.284. The minimum absolute atomic E-state index is 0.0307. The fourth-order valence-electron chi connectivity index (χ4n) is 1.70. The second-order valence-corrected chi connectivity index (χ2v) is 5.69. The molecule has 1 rings (SSSR count). The van der Waals surface area contributed by atoms with Gasteiger partial charge >= 0.3 is 0 Å². The van der Waals surface area contributed by atoms with E-state index in [1.165, 1.54) is 11.2 Å². The Labute approximate surface area is 91.0 Å². The van der Waals surface area contributed by atoms with Crippen LogP contribution in [0.1, 0.15) is 33.1 Å². The van der Waals surface area contributed by atoms with Crippen LogP contribution < -0.4 is 4.72 Å². The van der Waals surface area contributed by atoms with Crippen molar-refractivity contribution in [3.8, 4) is 0 Å². The number of piperidine rings is 1. The molecule has 0 saturated carbocycles. The summed E-state index contributed by atoms with van der Waals surface area (Å²) in [7, 11) is -3.47. The molecule has 0 radical (unpaired) electrons. The largest absolute Gasteiger partial charge is 0.299 e. The highest BCUT2D eigenvalue weighted by Gasteiger charge is 2.29. The van der Waals surface area contributed by atoms with Crippen molar-refractivity contribution in [1.29, 1.82) is 0 Å². The Morgan fingerprint density at radius 3 is 2.67 bits per heavy atom. The number of nitrogens with zero attached hydrogens (tertiary/aromatic N) is 1. The lowest BCUT2D eigenvalue weighted by Gasteiger charge is -2.32. The molecular formula is C9H18N2O3S. The van der Waals surface area contributed by atoms with Gasteiger partial charge in [0.1, 0.15) is 5.78 Å². The molecule has 1 aliphatic heterocycles. The summed E-state index contributed by atoms with van der Waals surface area (Å²) in [5.41, 5.74) is 0. The Bertz CT molecular complexity index is 326. The average molecular weight is 234 g/mol. The summed E-state index contributed by atoms with van der Waals surface area (Å²) in [4.78, 5) is 10.7. The molecule has 88 valence electrons. The summed E-state index contributed by atoms with van der Waals surface area (Å²) < 4.78 is 27.3. The minimum Gasteiger partial charge on any atom is -0.299 e. The van der Waals surface area contributed by atoms with Crippen LogP contribution in [-0.2, 0) is 15.0 Å². The Hall–Kier alpha value is -0.460. The van der Waals surface area contributed by atoms with Gasteiger partial charge in [0.25, 0.3) is 10.2 Å². The van der Waals surface area contributed by atoms with E-state index in [2.05, 4.69) is 4.72 Å². The number of hydrogen-bond acceptors (Lipinski definition) is 3. The number of ketones is 1. The Morgan fingerprint density at radius 1 is 1.47 bits per heavy atom. The normalized spacial score (nSPS) is 24.0. The molecule has 0 aromatic rings. The van der Waals surface area contributed by atoms with Crippen LogP contribution in [0.3, 0.4) is 0 Å². The van der Waals surface area contributed by atoms with Crippen molar-refractivity contribution >= 4 is 16.0 Å². The van der Waals surface area contributed by atoms with Crippen LogP contribution in [-0.4, -0.2) is 37.6 Å². The first-order chi connectivity index (χ1) is 6.93. The van der Waals surface area contributed by atoms with Gasteiger partial charge in [-0.25, -0.2) is 0 Å². The maximum Gasteiger partial charge on any atom is 0.280 e. The topological polar surface area (TPSA) is 66.5 Å². The molecule has 0 aromatic heterocycles. The standard InChI is InChI=1S/C9H18N2O3S/c1-8-5-3-4-6-11(8)15(13,14)10-7-9(2)12/h8,10H,3-7H2,1-2H3. The van der Waals surface area contributed by atoms with Crippen LogP contribution in [0.15, 0.2) is 0 Å². The molecule has 1 saturated heterocycles. The van der Waals surface area contributed by atoms with Gasteiger partial charge in [0.2, 0.25) is 0 Å². The van der Waals surface area contributed by atoms with Crippen molar-refractivity contribution in [2.45, 2.75) is 39.2 Å². The monoisotopic (exact) mass is 234 g/mol. The van der Waals surface area contributed by atoms with E-state index in [9.17, 15) is 13.2 Å². The van der Waals surface area contributed by atoms with Crippen molar-refractivity contribution in [2.75, 3.05) is 13.1 Å². The van der Waals surface area contributed by atoms with Crippen molar-refractivity contribution in [1.82, 2.24) is 9.03 Å². The molecule has 1 unspecified atom stereocenters. The lowest BCUT2D eigenvalue weighted by atomic mass is 10.1. The highest BCUT2D eigenvalue weighted by Crippen LogP contribution is 2.18. The maximum atomic E-state index is 11.8. The van der Waals surface area contributed by atoms with Gasteiger partial charge in [0, 0.05) is 12.6 Å². The molecule has 0 amide bonds. The number of carbonyl (C=O) groups is 1. The highest BCUT2D eigenvalue weighted by atomic mass is 32.2. The van der Waals surface area contributed by atoms with Gasteiger partial charge in [-0.15, -0.1) is 0 Å². The van der Waals surface area contributed by atoms with E-state index in [-0.39, 0.29) is 18.4 Å². The van der Waals surface area contributed by atoms with Gasteiger partial charge in [0.05, 0.1) is 6.54 Å². The first-order valence-corrected chi connectivity index (χ1v) is 6.63. The van der Waals surface area contributed by atoms with E-state index in [1.54, 1.807) is 0 Å². The van der Waals surface area contributed by atoms with Gasteiger partial charge < -0.3 is 0 Å². The van der Waals surface area contributed by atoms with Gasteiger partial charge in [0.15, 0.2) is 0 Å². The lowest BCUT2D eigenvalue weighted by molar-refractivity contribution is -0.115. The first-order valence-electron chi connectivity index (χ1n) is 5.19. The quantitative estimate of drug-likeness (QED) is 0.760. The SMILES string of the molecule is CC(=O)CNS(=O)(=O)N1CCCCC1C. The Morgan fingerprint density at radius 2 is 2.13 bits per heavy atom. The summed E-state index contributed by atoms with van der Waals surface area (Å²) in [6.07, 6.45) is 2.85. The van der Waals surface area contributed by atoms with Crippen molar-refractivity contribution in [3.05, 3.63) is 0 Å². The van der Waals surface area contributed by atoms with E-state index >= 15 is 0 Å². The lowest BCUT2D eigenvalue weighted by Crippen LogP contribution is -2.48. The molecule has 0 aromatic carbocycles. The molecule has 6 heteroatoms. The van der Waals surface area contributed by atoms with Crippen LogP contribution in [0.25, 0.3) is 0 Å². The fourth-order valence-corrected chi connectivity index (χ4v) is 3.20. The maximum absolute atomic E-state index is 11.8. The van der Waals surface area contributed by atoms with E-state index in [0.29, 0.717) is 6.54 Å². The van der Waals surface area contributed by atoms with Gasteiger partial charge in [-0.1, -0.05) is 6.42 Å². The van der Waals surface area contributed by atoms with Gasteiger partial charge in [-0.3, -0.25) is 4.79 Å². The Balaban J connectivity index is 2.63.